The number of carbonyl (C=O) groups is 3. The first-order valence-corrected chi connectivity index (χ1v) is 13.3. The highest BCUT2D eigenvalue weighted by atomic mass is 16.5. The summed E-state index contributed by atoms with van der Waals surface area (Å²) in [5.41, 5.74) is 3.34. The van der Waals surface area contributed by atoms with Crippen LogP contribution in [0.2, 0.25) is 0 Å². The van der Waals surface area contributed by atoms with Gasteiger partial charge in [0.1, 0.15) is 5.54 Å². The summed E-state index contributed by atoms with van der Waals surface area (Å²) in [7, 11) is 1.36. The molecule has 0 bridgehead atoms. The molecule has 1 fully saturated rings. The van der Waals surface area contributed by atoms with E-state index in [1.165, 1.54) is 7.11 Å². The fourth-order valence-corrected chi connectivity index (χ4v) is 5.54. The van der Waals surface area contributed by atoms with Crippen LogP contribution in [0.25, 0.3) is 10.8 Å². The van der Waals surface area contributed by atoms with Crippen LogP contribution in [-0.4, -0.2) is 30.6 Å². The first-order chi connectivity index (χ1) is 18.2. The van der Waals surface area contributed by atoms with Crippen LogP contribution < -0.4 is 16.0 Å². The number of aryl methyl sites for hydroxylation is 3. The van der Waals surface area contributed by atoms with Crippen molar-refractivity contribution < 1.29 is 19.1 Å². The summed E-state index contributed by atoms with van der Waals surface area (Å²) in [6, 6.07) is 14.8. The second-order valence-corrected chi connectivity index (χ2v) is 10.4. The number of hydrogen-bond donors (Lipinski definition) is 3. The molecule has 0 aliphatic heterocycles. The van der Waals surface area contributed by atoms with Gasteiger partial charge in [-0.05, 0) is 67.6 Å². The first-order valence-electron chi connectivity index (χ1n) is 13.3. The predicted octanol–water partition coefficient (Wildman–Crippen LogP) is 6.79. The molecule has 3 N–H and O–H groups in total. The van der Waals surface area contributed by atoms with Crippen LogP contribution in [0.15, 0.2) is 48.5 Å². The number of ether oxygens (including phenoxy) is 1. The largest absolute Gasteiger partial charge is 0.467 e. The van der Waals surface area contributed by atoms with Gasteiger partial charge < -0.3 is 20.7 Å². The maximum absolute atomic E-state index is 13.8. The number of anilines is 2. The van der Waals surface area contributed by atoms with E-state index in [1.54, 1.807) is 12.1 Å². The maximum Gasteiger partial charge on any atom is 0.331 e. The molecule has 0 saturated heterocycles. The highest BCUT2D eigenvalue weighted by molar-refractivity contribution is 6.10. The fourth-order valence-electron chi connectivity index (χ4n) is 5.54. The second-order valence-electron chi connectivity index (χ2n) is 10.4. The molecule has 3 aromatic rings. The Morgan fingerprint density at radius 3 is 1.97 bits per heavy atom. The molecule has 1 aliphatic carbocycles. The molecular weight excluding hydrogens is 478 g/mol. The summed E-state index contributed by atoms with van der Waals surface area (Å²) in [6.45, 7) is 5.92. The van der Waals surface area contributed by atoms with E-state index in [4.69, 9.17) is 4.74 Å². The first kappa shape index (κ1) is 27.2. The third-order valence-electron chi connectivity index (χ3n) is 7.43. The fraction of sp³-hybridized carbons (Fsp3) is 0.387. The topological polar surface area (TPSA) is 96.5 Å². The molecule has 0 spiro atoms. The Bertz CT molecular complexity index is 1330. The van der Waals surface area contributed by atoms with Crippen LogP contribution in [0.3, 0.4) is 0 Å². The zero-order chi connectivity index (χ0) is 27.3. The molecule has 7 nitrogen and oxygen atoms in total. The van der Waals surface area contributed by atoms with Gasteiger partial charge in [-0.15, -0.1) is 0 Å². The highest BCUT2D eigenvalue weighted by Gasteiger charge is 2.41. The third-order valence-corrected chi connectivity index (χ3v) is 7.43. The van der Waals surface area contributed by atoms with E-state index < -0.39 is 23.4 Å². The van der Waals surface area contributed by atoms with E-state index in [2.05, 4.69) is 16.0 Å². The van der Waals surface area contributed by atoms with Crippen LogP contribution >= 0.6 is 0 Å². The molecule has 0 unspecified atom stereocenters. The minimum absolute atomic E-state index is 0.293. The van der Waals surface area contributed by atoms with Crippen molar-refractivity contribution in [2.45, 2.75) is 71.3 Å². The van der Waals surface area contributed by atoms with Crippen molar-refractivity contribution in [3.8, 4) is 0 Å². The Hall–Kier alpha value is -3.87. The molecule has 3 aromatic carbocycles. The number of esters is 1. The van der Waals surface area contributed by atoms with Gasteiger partial charge in [0, 0.05) is 5.69 Å². The van der Waals surface area contributed by atoms with Gasteiger partial charge in [0.25, 0.3) is 5.91 Å². The van der Waals surface area contributed by atoms with Crippen molar-refractivity contribution >= 4 is 40.1 Å². The van der Waals surface area contributed by atoms with Gasteiger partial charge in [-0.3, -0.25) is 4.79 Å². The minimum atomic E-state index is -1.09. The Morgan fingerprint density at radius 1 is 0.789 bits per heavy atom. The van der Waals surface area contributed by atoms with Crippen LogP contribution in [0.4, 0.5) is 16.2 Å². The smallest absolute Gasteiger partial charge is 0.331 e. The Kier molecular flexibility index (Phi) is 8.35. The van der Waals surface area contributed by atoms with Gasteiger partial charge in [-0.2, -0.15) is 0 Å². The molecule has 3 amide bonds. The van der Waals surface area contributed by atoms with E-state index in [0.717, 1.165) is 65.3 Å². The molecule has 4 rings (SSSR count). The number of amides is 3. The van der Waals surface area contributed by atoms with Crippen molar-refractivity contribution in [3.63, 3.8) is 0 Å². The van der Waals surface area contributed by atoms with Crippen molar-refractivity contribution in [1.29, 1.82) is 0 Å². The van der Waals surface area contributed by atoms with Gasteiger partial charge in [0.15, 0.2) is 0 Å². The molecule has 0 atom stereocenters. The van der Waals surface area contributed by atoms with Gasteiger partial charge in [-0.1, -0.05) is 74.1 Å². The summed E-state index contributed by atoms with van der Waals surface area (Å²) in [5.74, 6) is -0.842. The third kappa shape index (κ3) is 5.98. The predicted molar refractivity (Wildman–Crippen MR) is 152 cm³/mol. The van der Waals surface area contributed by atoms with Crippen molar-refractivity contribution in [2.24, 2.45) is 0 Å². The Morgan fingerprint density at radius 2 is 1.37 bits per heavy atom. The molecule has 200 valence electrons. The SMILES string of the molecule is COC(=O)C1(NC(=O)c2cc3ccccc3cc2NC(=O)Nc2c(C)cc(C)cc2C)CCCCCCC1. The number of hydrogen-bond acceptors (Lipinski definition) is 4. The molecule has 0 radical (unpaired) electrons. The molecule has 1 aliphatic rings. The van der Waals surface area contributed by atoms with Crippen LogP contribution in [0.1, 0.15) is 72.0 Å². The molecular formula is C31H37N3O4. The summed E-state index contributed by atoms with van der Waals surface area (Å²) < 4.78 is 5.15. The number of carbonyl (C=O) groups excluding carboxylic acids is 3. The van der Waals surface area contributed by atoms with E-state index >= 15 is 0 Å². The molecule has 7 heteroatoms. The number of benzene rings is 3. The number of fused-ring (bicyclic) bond motifs is 1. The summed E-state index contributed by atoms with van der Waals surface area (Å²) >= 11 is 0. The average Bonchev–Trinajstić information content (AvgIpc) is 2.87. The monoisotopic (exact) mass is 515 g/mol. The zero-order valence-corrected chi connectivity index (χ0v) is 22.7. The van der Waals surface area contributed by atoms with Crippen LogP contribution in [-0.2, 0) is 9.53 Å². The summed E-state index contributed by atoms with van der Waals surface area (Å²) in [5, 5.41) is 10.6. The quantitative estimate of drug-likeness (QED) is 0.326. The lowest BCUT2D eigenvalue weighted by atomic mass is 9.83. The lowest BCUT2D eigenvalue weighted by molar-refractivity contribution is -0.149. The van der Waals surface area contributed by atoms with Gasteiger partial charge in [0.05, 0.1) is 18.4 Å². The lowest BCUT2D eigenvalue weighted by Gasteiger charge is -2.33. The Balaban J connectivity index is 1.67. The lowest BCUT2D eigenvalue weighted by Crippen LogP contribution is -2.55. The Labute approximate surface area is 224 Å². The normalized spacial score (nSPS) is 15.2. The van der Waals surface area contributed by atoms with Crippen LogP contribution in [0, 0.1) is 20.8 Å². The van der Waals surface area contributed by atoms with Crippen molar-refractivity contribution in [3.05, 3.63) is 70.8 Å². The van der Waals surface area contributed by atoms with E-state index in [9.17, 15) is 14.4 Å². The molecule has 0 heterocycles. The minimum Gasteiger partial charge on any atom is -0.467 e. The standard InChI is InChI=1S/C31H37N3O4/c1-20-16-21(2)27(22(3)17-20)33-30(37)32-26-19-24-13-9-8-12-23(24)18-25(26)28(35)34-31(29(36)38-4)14-10-6-5-7-11-15-31/h8-9,12-13,16-19H,5-7,10-11,14-15H2,1-4H3,(H,34,35)(H2,32,33,37). The maximum atomic E-state index is 13.8. The van der Waals surface area contributed by atoms with Crippen molar-refractivity contribution in [1.82, 2.24) is 5.32 Å². The van der Waals surface area contributed by atoms with Crippen molar-refractivity contribution in [2.75, 3.05) is 17.7 Å². The number of urea groups is 1. The van der Waals surface area contributed by atoms with E-state index in [0.29, 0.717) is 24.1 Å². The van der Waals surface area contributed by atoms with Gasteiger partial charge in [-0.25, -0.2) is 9.59 Å². The molecule has 38 heavy (non-hydrogen) atoms. The second kappa shape index (κ2) is 11.7. The van der Waals surface area contributed by atoms with E-state index in [1.807, 2.05) is 57.2 Å². The summed E-state index contributed by atoms with van der Waals surface area (Å²) in [4.78, 5) is 39.9. The number of rotatable bonds is 5. The molecule has 0 aromatic heterocycles. The number of methoxy groups -OCH3 is 1. The van der Waals surface area contributed by atoms with Crippen LogP contribution in [0.5, 0.6) is 0 Å². The number of nitrogens with one attached hydrogen (secondary N) is 3. The van der Waals surface area contributed by atoms with Gasteiger partial charge in [0.2, 0.25) is 0 Å². The summed E-state index contributed by atoms with van der Waals surface area (Å²) in [6.07, 6.45) is 5.85. The average molecular weight is 516 g/mol. The van der Waals surface area contributed by atoms with E-state index in [-0.39, 0.29) is 0 Å². The zero-order valence-electron chi connectivity index (χ0n) is 22.7. The highest BCUT2D eigenvalue weighted by Crippen LogP contribution is 2.31. The molecule has 1 saturated carbocycles. The van der Waals surface area contributed by atoms with Gasteiger partial charge >= 0.3 is 12.0 Å².